The smallest absolute Gasteiger partial charge is 0.230 e. The molecule has 0 spiro atoms. The van der Waals surface area contributed by atoms with Crippen molar-refractivity contribution >= 4 is 35.2 Å². The maximum Gasteiger partial charge on any atom is 0.230 e. The number of nitrogens with one attached hydrogen (secondary N) is 1. The molecule has 2 aromatic rings. The molecule has 0 aliphatic carbocycles. The number of amides is 2. The van der Waals surface area contributed by atoms with Crippen LogP contribution in [0.2, 0.25) is 5.02 Å². The Morgan fingerprint density at radius 2 is 1.65 bits per heavy atom. The maximum absolute atomic E-state index is 12.1. The summed E-state index contributed by atoms with van der Waals surface area (Å²) in [6, 6.07) is 17.8. The third-order valence-electron chi connectivity index (χ3n) is 3.82. The van der Waals surface area contributed by atoms with Gasteiger partial charge in [0.05, 0.1) is 11.0 Å². The molecule has 0 radical (unpaired) electrons. The Labute approximate surface area is 163 Å². The van der Waals surface area contributed by atoms with E-state index >= 15 is 0 Å². The minimum atomic E-state index is -0.0727. The van der Waals surface area contributed by atoms with Gasteiger partial charge in [0.15, 0.2) is 0 Å². The van der Waals surface area contributed by atoms with Gasteiger partial charge in [0.25, 0.3) is 0 Å². The highest BCUT2D eigenvalue weighted by Gasteiger charge is 2.16. The first-order valence-electron chi connectivity index (χ1n) is 8.36. The van der Waals surface area contributed by atoms with E-state index in [0.29, 0.717) is 23.7 Å². The van der Waals surface area contributed by atoms with E-state index in [1.807, 2.05) is 42.5 Å². The van der Waals surface area contributed by atoms with Crippen LogP contribution in [-0.4, -0.2) is 43.1 Å². The van der Waals surface area contributed by atoms with Crippen LogP contribution in [0.1, 0.15) is 22.8 Å². The zero-order valence-corrected chi connectivity index (χ0v) is 16.5. The predicted molar refractivity (Wildman–Crippen MR) is 109 cm³/mol. The van der Waals surface area contributed by atoms with Crippen molar-refractivity contribution in [3.05, 3.63) is 70.7 Å². The van der Waals surface area contributed by atoms with Crippen LogP contribution in [0.15, 0.2) is 54.6 Å². The van der Waals surface area contributed by atoms with Crippen LogP contribution in [0.3, 0.4) is 0 Å². The van der Waals surface area contributed by atoms with Crippen LogP contribution in [0.25, 0.3) is 0 Å². The van der Waals surface area contributed by atoms with Gasteiger partial charge < -0.3 is 10.2 Å². The lowest BCUT2D eigenvalue weighted by Crippen LogP contribution is -2.31. The molecule has 0 aliphatic heterocycles. The number of halogens is 1. The molecule has 0 saturated carbocycles. The van der Waals surface area contributed by atoms with Crippen molar-refractivity contribution in [2.24, 2.45) is 0 Å². The van der Waals surface area contributed by atoms with Gasteiger partial charge in [0.1, 0.15) is 0 Å². The number of carbonyl (C=O) groups excluding carboxylic acids is 2. The number of thioether (sulfide) groups is 1. The van der Waals surface area contributed by atoms with Crippen LogP contribution in [0.4, 0.5) is 0 Å². The zero-order chi connectivity index (χ0) is 18.9. The minimum Gasteiger partial charge on any atom is -0.355 e. The van der Waals surface area contributed by atoms with Gasteiger partial charge in [0.2, 0.25) is 11.8 Å². The predicted octanol–water partition coefficient (Wildman–Crippen LogP) is 3.76. The molecular weight excluding hydrogens is 368 g/mol. The van der Waals surface area contributed by atoms with E-state index in [-0.39, 0.29) is 17.1 Å². The average molecular weight is 391 g/mol. The van der Waals surface area contributed by atoms with Gasteiger partial charge in [-0.1, -0.05) is 54.1 Å². The number of rotatable bonds is 8. The first-order chi connectivity index (χ1) is 12.5. The quantitative estimate of drug-likeness (QED) is 0.746. The fourth-order valence-electron chi connectivity index (χ4n) is 2.39. The Balaban J connectivity index is 1.96. The van der Waals surface area contributed by atoms with E-state index < -0.39 is 0 Å². The Morgan fingerprint density at radius 1 is 1.04 bits per heavy atom. The third-order valence-corrected chi connectivity index (χ3v) is 5.37. The summed E-state index contributed by atoms with van der Waals surface area (Å²) in [5, 5.41) is 3.54. The lowest BCUT2D eigenvalue weighted by molar-refractivity contribution is -0.128. The molecule has 1 atom stereocenters. The van der Waals surface area contributed by atoms with Crippen molar-refractivity contribution in [2.75, 3.05) is 26.4 Å². The molecule has 2 amide bonds. The average Bonchev–Trinajstić information content (AvgIpc) is 2.64. The second-order valence-electron chi connectivity index (χ2n) is 6.04. The molecule has 6 heteroatoms. The topological polar surface area (TPSA) is 49.4 Å². The summed E-state index contributed by atoms with van der Waals surface area (Å²) in [5.74, 6) is 0.246. The maximum atomic E-state index is 12.1. The lowest BCUT2D eigenvalue weighted by Gasteiger charge is -2.18. The molecule has 2 aromatic carbocycles. The molecule has 0 aliphatic rings. The molecular formula is C20H23ClN2O2S. The lowest BCUT2D eigenvalue weighted by atomic mass is 10.0. The summed E-state index contributed by atoms with van der Waals surface area (Å²) in [6.45, 7) is 0.355. The first-order valence-corrected chi connectivity index (χ1v) is 9.79. The second kappa shape index (κ2) is 10.2. The van der Waals surface area contributed by atoms with Crippen molar-refractivity contribution in [1.29, 1.82) is 0 Å². The zero-order valence-electron chi connectivity index (χ0n) is 14.9. The van der Waals surface area contributed by atoms with Crippen molar-refractivity contribution in [2.45, 2.75) is 11.7 Å². The summed E-state index contributed by atoms with van der Waals surface area (Å²) in [4.78, 5) is 25.2. The van der Waals surface area contributed by atoms with Crippen LogP contribution in [-0.2, 0) is 9.59 Å². The van der Waals surface area contributed by atoms with Gasteiger partial charge in [-0.25, -0.2) is 0 Å². The van der Waals surface area contributed by atoms with Gasteiger partial charge >= 0.3 is 0 Å². The standard InChI is InChI=1S/C20H23ClN2O2S/c1-23(2)19(25)12-13-22-18(24)14-26-20(15-6-4-3-5-7-15)16-8-10-17(21)11-9-16/h3-11,20H,12-14H2,1-2H3,(H,22,24). The normalized spacial score (nSPS) is 11.7. The van der Waals surface area contributed by atoms with Crippen LogP contribution in [0, 0.1) is 0 Å². The molecule has 0 aromatic heterocycles. The molecule has 138 valence electrons. The second-order valence-corrected chi connectivity index (χ2v) is 7.57. The minimum absolute atomic E-state index is 0.00118. The monoisotopic (exact) mass is 390 g/mol. The summed E-state index contributed by atoms with van der Waals surface area (Å²) >= 11 is 7.55. The van der Waals surface area contributed by atoms with Crippen molar-refractivity contribution in [3.63, 3.8) is 0 Å². The summed E-state index contributed by atoms with van der Waals surface area (Å²) < 4.78 is 0. The highest BCUT2D eigenvalue weighted by molar-refractivity contribution is 8.00. The Bertz CT molecular complexity index is 720. The molecule has 2 rings (SSSR count). The first kappa shape index (κ1) is 20.3. The van der Waals surface area contributed by atoms with Crippen LogP contribution >= 0.6 is 23.4 Å². The third kappa shape index (κ3) is 6.39. The SMILES string of the molecule is CN(C)C(=O)CCNC(=O)CSC(c1ccccc1)c1ccc(Cl)cc1. The molecule has 0 saturated heterocycles. The molecule has 0 bridgehead atoms. The number of carbonyl (C=O) groups is 2. The summed E-state index contributed by atoms with van der Waals surface area (Å²) in [5.41, 5.74) is 2.23. The van der Waals surface area contributed by atoms with Gasteiger partial charge in [0, 0.05) is 32.1 Å². The Hall–Kier alpha value is -1.98. The summed E-state index contributed by atoms with van der Waals surface area (Å²) in [6.07, 6.45) is 0.308. The highest BCUT2D eigenvalue weighted by Crippen LogP contribution is 2.35. The molecule has 4 nitrogen and oxygen atoms in total. The Kier molecular flexibility index (Phi) is 8.01. The number of hydrogen-bond donors (Lipinski definition) is 1. The molecule has 0 fully saturated rings. The molecule has 26 heavy (non-hydrogen) atoms. The number of hydrogen-bond acceptors (Lipinski definition) is 3. The van der Waals surface area contributed by atoms with Gasteiger partial charge in [-0.2, -0.15) is 0 Å². The van der Waals surface area contributed by atoms with E-state index in [2.05, 4.69) is 17.4 Å². The molecule has 1 N–H and O–H groups in total. The van der Waals surface area contributed by atoms with E-state index in [9.17, 15) is 9.59 Å². The van der Waals surface area contributed by atoms with Gasteiger partial charge in [-0.05, 0) is 23.3 Å². The van der Waals surface area contributed by atoms with Crippen molar-refractivity contribution in [1.82, 2.24) is 10.2 Å². The summed E-state index contributed by atoms with van der Waals surface area (Å²) in [7, 11) is 3.41. The Morgan fingerprint density at radius 3 is 2.27 bits per heavy atom. The molecule has 1 unspecified atom stereocenters. The van der Waals surface area contributed by atoms with E-state index in [0.717, 1.165) is 11.1 Å². The molecule has 0 heterocycles. The van der Waals surface area contributed by atoms with Crippen LogP contribution < -0.4 is 5.32 Å². The fourth-order valence-corrected chi connectivity index (χ4v) is 3.64. The van der Waals surface area contributed by atoms with Crippen LogP contribution in [0.5, 0.6) is 0 Å². The van der Waals surface area contributed by atoms with Gasteiger partial charge in [-0.3, -0.25) is 9.59 Å². The number of nitrogens with zero attached hydrogens (tertiary/aromatic N) is 1. The van der Waals surface area contributed by atoms with E-state index in [1.165, 1.54) is 4.90 Å². The van der Waals surface area contributed by atoms with E-state index in [4.69, 9.17) is 11.6 Å². The van der Waals surface area contributed by atoms with Crippen molar-refractivity contribution < 1.29 is 9.59 Å². The highest BCUT2D eigenvalue weighted by atomic mass is 35.5. The van der Waals surface area contributed by atoms with Crippen molar-refractivity contribution in [3.8, 4) is 0 Å². The fraction of sp³-hybridized carbons (Fsp3) is 0.300. The largest absolute Gasteiger partial charge is 0.355 e. The number of benzene rings is 2. The van der Waals surface area contributed by atoms with E-state index in [1.54, 1.807) is 25.9 Å². The van der Waals surface area contributed by atoms with Gasteiger partial charge in [-0.15, -0.1) is 11.8 Å².